The van der Waals surface area contributed by atoms with Gasteiger partial charge in [-0.2, -0.15) is 5.26 Å². The van der Waals surface area contributed by atoms with Gasteiger partial charge in [-0.25, -0.2) is 4.79 Å². The molecule has 0 saturated carbocycles. The van der Waals surface area contributed by atoms with Crippen molar-refractivity contribution in [2.75, 3.05) is 19.0 Å². The molecule has 2 rings (SSSR count). The number of rotatable bonds is 9. The van der Waals surface area contributed by atoms with E-state index in [0.717, 1.165) is 5.56 Å². The molecule has 0 heterocycles. The molecule has 0 bridgehead atoms. The Morgan fingerprint density at radius 1 is 1.24 bits per heavy atom. The smallest absolute Gasteiger partial charge is 0.344 e. The van der Waals surface area contributed by atoms with Gasteiger partial charge in [-0.1, -0.05) is 18.2 Å². The van der Waals surface area contributed by atoms with Crippen molar-refractivity contribution in [3.8, 4) is 17.6 Å². The summed E-state index contributed by atoms with van der Waals surface area (Å²) in [4.78, 5) is 24.2. The average Bonchev–Trinajstić information content (AvgIpc) is 2.72. The Kier molecular flexibility index (Phi) is 7.80. The summed E-state index contributed by atoms with van der Waals surface area (Å²) in [5.74, 6) is -0.335. The number of carbonyl (C=O) groups excluding carboxylic acids is 2. The molecule has 0 saturated heterocycles. The van der Waals surface area contributed by atoms with E-state index < -0.39 is 18.0 Å². The molecule has 1 N–H and O–H groups in total. The standard InChI is InChI=1S/C22H22N2O5/c1-4-6-16-9-10-19(20(12-16)27-3)28-14-21(25)29-15(2)22(26)24-18-8-5-7-17(11-18)13-23/h4-5,7-12,15H,1,6,14H2,2-3H3,(H,24,26)/t15-/m0/s1. The molecule has 29 heavy (non-hydrogen) atoms. The molecule has 2 aromatic rings. The van der Waals surface area contributed by atoms with E-state index in [1.165, 1.54) is 20.1 Å². The fraction of sp³-hybridized carbons (Fsp3) is 0.227. The molecule has 150 valence electrons. The zero-order valence-electron chi connectivity index (χ0n) is 16.3. The Labute approximate surface area is 169 Å². The fourth-order valence-corrected chi connectivity index (χ4v) is 2.46. The highest BCUT2D eigenvalue weighted by molar-refractivity contribution is 5.95. The number of nitrogens with zero attached hydrogens (tertiary/aromatic N) is 1. The number of allylic oxidation sites excluding steroid dienone is 1. The number of hydrogen-bond donors (Lipinski definition) is 1. The van der Waals surface area contributed by atoms with E-state index in [1.807, 2.05) is 12.1 Å². The van der Waals surface area contributed by atoms with Crippen molar-refractivity contribution < 1.29 is 23.8 Å². The van der Waals surface area contributed by atoms with Gasteiger partial charge in [0, 0.05) is 5.69 Å². The first-order valence-electron chi connectivity index (χ1n) is 8.88. The van der Waals surface area contributed by atoms with E-state index in [0.29, 0.717) is 29.2 Å². The minimum absolute atomic E-state index is 0.376. The van der Waals surface area contributed by atoms with Crippen LogP contribution in [0.3, 0.4) is 0 Å². The van der Waals surface area contributed by atoms with Crippen LogP contribution in [0.1, 0.15) is 18.1 Å². The molecule has 0 aliphatic heterocycles. The van der Waals surface area contributed by atoms with Crippen molar-refractivity contribution in [1.82, 2.24) is 0 Å². The van der Waals surface area contributed by atoms with Gasteiger partial charge in [0.1, 0.15) is 0 Å². The summed E-state index contributed by atoms with van der Waals surface area (Å²) in [7, 11) is 1.51. The van der Waals surface area contributed by atoms with Crippen LogP contribution in [0.25, 0.3) is 0 Å². The van der Waals surface area contributed by atoms with Gasteiger partial charge in [0.05, 0.1) is 18.7 Å². The van der Waals surface area contributed by atoms with Gasteiger partial charge in [0.2, 0.25) is 0 Å². The van der Waals surface area contributed by atoms with Crippen molar-refractivity contribution in [3.05, 3.63) is 66.2 Å². The summed E-state index contributed by atoms with van der Waals surface area (Å²) in [6.45, 7) is 4.76. The molecule has 0 radical (unpaired) electrons. The lowest BCUT2D eigenvalue weighted by Crippen LogP contribution is -2.31. The van der Waals surface area contributed by atoms with Crippen molar-refractivity contribution in [1.29, 1.82) is 5.26 Å². The number of ether oxygens (including phenoxy) is 3. The van der Waals surface area contributed by atoms with Crippen LogP contribution < -0.4 is 14.8 Å². The predicted molar refractivity (Wildman–Crippen MR) is 108 cm³/mol. The number of anilines is 1. The maximum absolute atomic E-state index is 12.2. The highest BCUT2D eigenvalue weighted by Gasteiger charge is 2.19. The third-order valence-corrected chi connectivity index (χ3v) is 3.89. The number of hydrogen-bond acceptors (Lipinski definition) is 6. The van der Waals surface area contributed by atoms with Crippen LogP contribution in [0.5, 0.6) is 11.5 Å². The summed E-state index contributed by atoms with van der Waals surface area (Å²) in [6, 6.07) is 13.8. The Hall–Kier alpha value is -3.79. The molecule has 7 nitrogen and oxygen atoms in total. The van der Waals surface area contributed by atoms with Gasteiger partial charge in [0.25, 0.3) is 5.91 Å². The van der Waals surface area contributed by atoms with Crippen LogP contribution >= 0.6 is 0 Å². The minimum atomic E-state index is -1.03. The van der Waals surface area contributed by atoms with Gasteiger partial charge in [-0.15, -0.1) is 6.58 Å². The van der Waals surface area contributed by atoms with Crippen LogP contribution in [0.15, 0.2) is 55.1 Å². The second-order valence-corrected chi connectivity index (χ2v) is 6.08. The minimum Gasteiger partial charge on any atom is -0.493 e. The zero-order valence-corrected chi connectivity index (χ0v) is 16.3. The monoisotopic (exact) mass is 394 g/mol. The number of methoxy groups -OCH3 is 1. The van der Waals surface area contributed by atoms with E-state index >= 15 is 0 Å². The van der Waals surface area contributed by atoms with Crippen molar-refractivity contribution in [2.24, 2.45) is 0 Å². The Balaban J connectivity index is 1.89. The van der Waals surface area contributed by atoms with Gasteiger partial charge >= 0.3 is 5.97 Å². The van der Waals surface area contributed by atoms with Crippen LogP contribution in [0, 0.1) is 11.3 Å². The first-order chi connectivity index (χ1) is 14.0. The van der Waals surface area contributed by atoms with E-state index in [4.69, 9.17) is 19.5 Å². The quantitative estimate of drug-likeness (QED) is 0.518. The van der Waals surface area contributed by atoms with Crippen molar-refractivity contribution in [2.45, 2.75) is 19.4 Å². The van der Waals surface area contributed by atoms with Crippen LogP contribution in [0.4, 0.5) is 5.69 Å². The summed E-state index contributed by atoms with van der Waals surface area (Å²) < 4.78 is 15.8. The topological polar surface area (TPSA) is 97.6 Å². The Bertz CT molecular complexity index is 933. The molecule has 7 heteroatoms. The molecule has 0 aliphatic rings. The second-order valence-electron chi connectivity index (χ2n) is 6.08. The molecular formula is C22H22N2O5. The van der Waals surface area contributed by atoms with E-state index in [-0.39, 0.29) is 6.61 Å². The SMILES string of the molecule is C=CCc1ccc(OCC(=O)O[C@@H](C)C(=O)Nc2cccc(C#N)c2)c(OC)c1. The molecule has 0 unspecified atom stereocenters. The molecule has 1 atom stereocenters. The maximum Gasteiger partial charge on any atom is 0.344 e. The average molecular weight is 394 g/mol. The zero-order chi connectivity index (χ0) is 21.2. The number of esters is 1. The fourth-order valence-electron chi connectivity index (χ4n) is 2.46. The van der Waals surface area contributed by atoms with Crippen molar-refractivity contribution in [3.63, 3.8) is 0 Å². The van der Waals surface area contributed by atoms with Gasteiger partial charge in [0.15, 0.2) is 24.2 Å². The third-order valence-electron chi connectivity index (χ3n) is 3.89. The van der Waals surface area contributed by atoms with Crippen molar-refractivity contribution >= 4 is 17.6 Å². The lowest BCUT2D eigenvalue weighted by Gasteiger charge is -2.15. The van der Waals surface area contributed by atoms with Gasteiger partial charge in [-0.05, 0) is 49.2 Å². The van der Waals surface area contributed by atoms with E-state index in [9.17, 15) is 9.59 Å². The van der Waals surface area contributed by atoms with Crippen LogP contribution in [0.2, 0.25) is 0 Å². The highest BCUT2D eigenvalue weighted by Crippen LogP contribution is 2.28. The molecule has 0 spiro atoms. The van der Waals surface area contributed by atoms with E-state index in [2.05, 4.69) is 11.9 Å². The Morgan fingerprint density at radius 2 is 2.03 bits per heavy atom. The summed E-state index contributed by atoms with van der Waals surface area (Å²) >= 11 is 0. The molecule has 1 amide bonds. The number of carbonyl (C=O) groups is 2. The van der Waals surface area contributed by atoms with Gasteiger partial charge < -0.3 is 19.5 Å². The number of benzene rings is 2. The van der Waals surface area contributed by atoms with Gasteiger partial charge in [-0.3, -0.25) is 4.79 Å². The molecule has 2 aromatic carbocycles. The lowest BCUT2D eigenvalue weighted by molar-refractivity contribution is -0.155. The normalized spacial score (nSPS) is 10.9. The summed E-state index contributed by atoms with van der Waals surface area (Å²) in [5, 5.41) is 11.5. The lowest BCUT2D eigenvalue weighted by atomic mass is 10.1. The van der Waals surface area contributed by atoms with E-state index in [1.54, 1.807) is 36.4 Å². The molecular weight excluding hydrogens is 372 g/mol. The summed E-state index contributed by atoms with van der Waals surface area (Å²) in [6.07, 6.45) is 1.42. The molecule has 0 fully saturated rings. The molecule has 0 aromatic heterocycles. The largest absolute Gasteiger partial charge is 0.493 e. The number of amides is 1. The first-order valence-corrected chi connectivity index (χ1v) is 8.88. The van der Waals surface area contributed by atoms with Crippen LogP contribution in [-0.4, -0.2) is 31.7 Å². The predicted octanol–water partition coefficient (Wildman–Crippen LogP) is 3.24. The first kappa shape index (κ1) is 21.5. The van der Waals surface area contributed by atoms with Crippen LogP contribution in [-0.2, 0) is 20.7 Å². The highest BCUT2D eigenvalue weighted by atomic mass is 16.6. The number of nitriles is 1. The summed E-state index contributed by atoms with van der Waals surface area (Å²) in [5.41, 5.74) is 1.85. The number of nitrogens with one attached hydrogen (secondary N) is 1. The maximum atomic E-state index is 12.2. The second kappa shape index (κ2) is 10.5. The third kappa shape index (κ3) is 6.40. The molecule has 0 aliphatic carbocycles. The Morgan fingerprint density at radius 3 is 2.72 bits per heavy atom.